The maximum Gasteiger partial charge on any atom is 0.146 e. The van der Waals surface area contributed by atoms with E-state index in [9.17, 15) is 0 Å². The molecule has 6 atom stereocenters. The van der Waals surface area contributed by atoms with Gasteiger partial charge in [-0.05, 0) is 103 Å². The lowest BCUT2D eigenvalue weighted by atomic mass is 9.80. The zero-order chi connectivity index (χ0) is 36.9. The van der Waals surface area contributed by atoms with Gasteiger partial charge in [0.05, 0.1) is 29.8 Å². The molecule has 0 aliphatic carbocycles. The molecule has 0 aliphatic heterocycles. The van der Waals surface area contributed by atoms with Crippen LogP contribution in [-0.2, 0) is 30.7 Å². The molecule has 274 valence electrons. The molecule has 6 heteroatoms. The van der Waals surface area contributed by atoms with Crippen LogP contribution in [0.25, 0.3) is 0 Å². The highest BCUT2D eigenvalue weighted by atomic mass is 31.1. The molecule has 0 fully saturated rings. The fourth-order valence-corrected chi connectivity index (χ4v) is 7.50. The molecule has 0 N–H and O–H groups in total. The zero-order valence-electron chi connectivity index (χ0n) is 34.1. The smallest absolute Gasteiger partial charge is 0.146 e. The average Bonchev–Trinajstić information content (AvgIpc) is 2.93. The quantitative estimate of drug-likeness (QED) is 0.173. The van der Waals surface area contributed by atoms with E-state index in [0.717, 1.165) is 37.2 Å². The summed E-state index contributed by atoms with van der Waals surface area (Å²) in [6, 6.07) is 13.5. The molecule has 2 aromatic carbocycles. The van der Waals surface area contributed by atoms with Crippen molar-refractivity contribution in [1.29, 1.82) is 0 Å². The van der Waals surface area contributed by atoms with Crippen LogP contribution < -0.4 is 9.47 Å². The van der Waals surface area contributed by atoms with Crippen LogP contribution in [0.1, 0.15) is 173 Å². The lowest BCUT2D eigenvalue weighted by Gasteiger charge is -2.35. The van der Waals surface area contributed by atoms with Crippen molar-refractivity contribution < 1.29 is 18.5 Å². The minimum Gasteiger partial charge on any atom is -0.481 e. The molecule has 0 aliphatic rings. The van der Waals surface area contributed by atoms with Crippen LogP contribution in [0.4, 0.5) is 0 Å². The largest absolute Gasteiger partial charge is 0.481 e. The lowest BCUT2D eigenvalue weighted by Crippen LogP contribution is -2.30. The Morgan fingerprint density at radius 2 is 0.917 bits per heavy atom. The Hall–Kier alpha value is -1.18. The molecule has 6 unspecified atom stereocenters. The minimum absolute atomic E-state index is 0.0315. The van der Waals surface area contributed by atoms with Gasteiger partial charge in [-0.25, -0.2) is 0 Å². The summed E-state index contributed by atoms with van der Waals surface area (Å²) in [6.07, 6.45) is 3.70. The highest BCUT2D eigenvalue weighted by molar-refractivity contribution is 7.34. The summed E-state index contributed by atoms with van der Waals surface area (Å²) in [6.45, 7) is 40.3. The molecular formula is C42H72O4P2. The monoisotopic (exact) mass is 702 g/mol. The molecule has 0 amide bonds. The van der Waals surface area contributed by atoms with Crippen molar-refractivity contribution in [3.63, 3.8) is 0 Å². The fraction of sp³-hybridized carbons (Fsp3) is 0.714. The van der Waals surface area contributed by atoms with Crippen molar-refractivity contribution in [3.8, 4) is 11.5 Å². The molecule has 0 saturated carbocycles. The van der Waals surface area contributed by atoms with Gasteiger partial charge in [0.2, 0.25) is 0 Å². The Bertz CT molecular complexity index is 1310. The van der Waals surface area contributed by atoms with Gasteiger partial charge in [0.25, 0.3) is 0 Å². The number of ether oxygens (including phenoxy) is 2. The van der Waals surface area contributed by atoms with Crippen LogP contribution in [0.5, 0.6) is 11.5 Å². The van der Waals surface area contributed by atoms with Gasteiger partial charge in [-0.1, -0.05) is 128 Å². The summed E-state index contributed by atoms with van der Waals surface area (Å²) in [5, 5.41) is -0.815. The van der Waals surface area contributed by atoms with Crippen LogP contribution in [0.3, 0.4) is 0 Å². The summed E-state index contributed by atoms with van der Waals surface area (Å²) < 4.78 is 26.7. The van der Waals surface area contributed by atoms with Crippen LogP contribution in [0.15, 0.2) is 36.4 Å². The van der Waals surface area contributed by atoms with E-state index in [2.05, 4.69) is 161 Å². The van der Waals surface area contributed by atoms with Gasteiger partial charge in [-0.3, -0.25) is 0 Å². The van der Waals surface area contributed by atoms with E-state index >= 15 is 0 Å². The SMILES string of the molecule is CCCC(C)(Oc1ccc(C(C)(C)C)cc1C(C)(C)C)POC(C)CC(C)OPC(C)(CC)Oc1ccc(C(C)(C)C)cc1C(C)(C)C. The maximum atomic E-state index is 6.89. The van der Waals surface area contributed by atoms with Gasteiger partial charge in [0, 0.05) is 0 Å². The molecule has 0 spiro atoms. The summed E-state index contributed by atoms with van der Waals surface area (Å²) in [5.41, 5.74) is 5.25. The predicted molar refractivity (Wildman–Crippen MR) is 213 cm³/mol. The first-order valence-electron chi connectivity index (χ1n) is 18.3. The molecule has 0 saturated heterocycles. The van der Waals surface area contributed by atoms with E-state index in [0.29, 0.717) is 0 Å². The van der Waals surface area contributed by atoms with Crippen molar-refractivity contribution in [3.05, 3.63) is 58.7 Å². The Balaban J connectivity index is 2.10. The second-order valence-corrected chi connectivity index (χ2v) is 21.5. The molecule has 4 nitrogen and oxygen atoms in total. The molecule has 0 heterocycles. The second kappa shape index (κ2) is 16.4. The fourth-order valence-electron chi connectivity index (χ4n) is 5.61. The van der Waals surface area contributed by atoms with Gasteiger partial charge in [0.1, 0.15) is 22.2 Å². The van der Waals surface area contributed by atoms with E-state index in [4.69, 9.17) is 18.5 Å². The molecule has 0 bridgehead atoms. The Kier molecular flexibility index (Phi) is 14.7. The third-order valence-electron chi connectivity index (χ3n) is 9.00. The van der Waals surface area contributed by atoms with Crippen molar-refractivity contribution in [2.75, 3.05) is 0 Å². The minimum atomic E-state index is -0.413. The molecule has 2 rings (SSSR count). The molecular weight excluding hydrogens is 630 g/mol. The average molecular weight is 703 g/mol. The van der Waals surface area contributed by atoms with Crippen molar-refractivity contribution in [2.24, 2.45) is 0 Å². The standard InChI is InChI=1S/C42H72O4P2/c1-19-25-42(18,44-36-24-22-32(38(8,9)10)28-34(36)40(14,15)16)48-46-30(4)26-29(3)45-47-41(17,20-2)43-35-23-21-31(37(5,6)7)27-33(35)39(11,12)13/h21-24,27-30,47-48H,19-20,25-26H2,1-18H3. The Morgan fingerprint density at radius 1 is 0.542 bits per heavy atom. The normalized spacial score (nSPS) is 17.5. The molecule has 2 aromatic rings. The van der Waals surface area contributed by atoms with Crippen LogP contribution in [0, 0.1) is 0 Å². The summed E-state index contributed by atoms with van der Waals surface area (Å²) in [5.74, 6) is 1.92. The Labute approximate surface area is 300 Å². The van der Waals surface area contributed by atoms with E-state index in [1.165, 1.54) is 22.3 Å². The van der Waals surface area contributed by atoms with E-state index < -0.39 is 10.7 Å². The van der Waals surface area contributed by atoms with Gasteiger partial charge in [-0.2, -0.15) is 0 Å². The predicted octanol–water partition coefficient (Wildman–Crippen LogP) is 13.4. The third-order valence-corrected chi connectivity index (χ3v) is 11.7. The van der Waals surface area contributed by atoms with Crippen molar-refractivity contribution in [1.82, 2.24) is 0 Å². The Morgan fingerprint density at radius 3 is 1.25 bits per heavy atom. The maximum absolute atomic E-state index is 6.89. The number of benzene rings is 2. The van der Waals surface area contributed by atoms with Gasteiger partial charge >= 0.3 is 0 Å². The highest BCUT2D eigenvalue weighted by Crippen LogP contribution is 2.46. The van der Waals surface area contributed by atoms with E-state index in [-0.39, 0.29) is 51.5 Å². The molecule has 0 aromatic heterocycles. The molecule has 0 radical (unpaired) electrons. The number of rotatable bonds is 15. The summed E-state index contributed by atoms with van der Waals surface area (Å²) >= 11 is 0. The molecule has 48 heavy (non-hydrogen) atoms. The van der Waals surface area contributed by atoms with Crippen LogP contribution in [0.2, 0.25) is 0 Å². The van der Waals surface area contributed by atoms with Gasteiger partial charge < -0.3 is 18.5 Å². The van der Waals surface area contributed by atoms with Gasteiger partial charge in [-0.15, -0.1) is 0 Å². The second-order valence-electron chi connectivity index (χ2n) is 18.5. The highest BCUT2D eigenvalue weighted by Gasteiger charge is 2.33. The number of hydrogen-bond donors (Lipinski definition) is 0. The van der Waals surface area contributed by atoms with Crippen LogP contribution in [-0.4, -0.2) is 22.9 Å². The summed E-state index contributed by atoms with van der Waals surface area (Å²) in [7, 11) is 0.422. The zero-order valence-corrected chi connectivity index (χ0v) is 36.1. The first-order chi connectivity index (χ1) is 21.7. The van der Waals surface area contributed by atoms with Crippen molar-refractivity contribution >= 4 is 17.6 Å². The summed E-state index contributed by atoms with van der Waals surface area (Å²) in [4.78, 5) is 0. The first kappa shape index (κ1) is 43.0. The van der Waals surface area contributed by atoms with E-state index in [1.807, 2.05) is 0 Å². The van der Waals surface area contributed by atoms with Crippen LogP contribution >= 0.6 is 17.6 Å². The van der Waals surface area contributed by atoms with E-state index in [1.54, 1.807) is 0 Å². The number of hydrogen-bond acceptors (Lipinski definition) is 4. The third kappa shape index (κ3) is 12.9. The van der Waals surface area contributed by atoms with Crippen molar-refractivity contribution in [2.45, 2.75) is 195 Å². The topological polar surface area (TPSA) is 36.9 Å². The van der Waals surface area contributed by atoms with Gasteiger partial charge in [0.15, 0.2) is 0 Å². The lowest BCUT2D eigenvalue weighted by molar-refractivity contribution is 0.111. The first-order valence-corrected chi connectivity index (χ1v) is 20.1.